The van der Waals surface area contributed by atoms with E-state index >= 15 is 0 Å². The van der Waals surface area contributed by atoms with Crippen molar-refractivity contribution in [2.75, 3.05) is 54.5 Å². The Balaban J connectivity index is 1.31. The fourth-order valence-corrected chi connectivity index (χ4v) is 5.20. The number of anilines is 2. The van der Waals surface area contributed by atoms with Gasteiger partial charge in [-0.2, -0.15) is 11.8 Å². The number of nitrogens with zero attached hydrogens (tertiary/aromatic N) is 3. The molecule has 6 heteroatoms. The van der Waals surface area contributed by atoms with E-state index in [1.54, 1.807) is 4.90 Å². The zero-order valence-corrected chi connectivity index (χ0v) is 15.8. The average Bonchev–Trinajstić information content (AvgIpc) is 3.27. The molecule has 4 rings (SSSR count). The molecule has 0 spiro atoms. The van der Waals surface area contributed by atoms with Crippen LogP contribution in [0.15, 0.2) is 24.3 Å². The fraction of sp³-hybridized carbons (Fsp3) is 0.632. The van der Waals surface area contributed by atoms with E-state index in [-0.39, 0.29) is 6.03 Å². The van der Waals surface area contributed by atoms with Gasteiger partial charge in [0.2, 0.25) is 0 Å². The van der Waals surface area contributed by atoms with E-state index in [1.807, 2.05) is 11.9 Å². The van der Waals surface area contributed by atoms with E-state index in [0.717, 1.165) is 37.9 Å². The monoisotopic (exact) mass is 360 g/mol. The zero-order chi connectivity index (χ0) is 17.2. The minimum Gasteiger partial charge on any atom is -0.371 e. The predicted molar refractivity (Wildman–Crippen MR) is 106 cm³/mol. The molecular formula is C19H28N4OS. The summed E-state index contributed by atoms with van der Waals surface area (Å²) in [5.74, 6) is 2.60. The second-order valence-electron chi connectivity index (χ2n) is 7.36. The lowest BCUT2D eigenvalue weighted by Gasteiger charge is -2.35. The van der Waals surface area contributed by atoms with Crippen LogP contribution in [0, 0.1) is 0 Å². The summed E-state index contributed by atoms with van der Waals surface area (Å²) in [4.78, 5) is 18.2. The minimum absolute atomic E-state index is 0.102. The molecule has 1 aromatic rings. The van der Waals surface area contributed by atoms with Crippen molar-refractivity contribution in [2.24, 2.45) is 0 Å². The van der Waals surface area contributed by atoms with E-state index in [1.165, 1.54) is 36.5 Å². The van der Waals surface area contributed by atoms with Crippen LogP contribution in [0.1, 0.15) is 19.3 Å². The molecule has 3 fully saturated rings. The number of rotatable bonds is 4. The lowest BCUT2D eigenvalue weighted by atomic mass is 10.0. The summed E-state index contributed by atoms with van der Waals surface area (Å²) in [6.07, 6.45) is 3.77. The first-order chi connectivity index (χ1) is 12.2. The highest BCUT2D eigenvalue weighted by Gasteiger charge is 2.27. The fourth-order valence-electron chi connectivity index (χ4n) is 4.03. The molecule has 2 amide bonds. The lowest BCUT2D eigenvalue weighted by Crippen LogP contribution is -2.46. The van der Waals surface area contributed by atoms with E-state index in [9.17, 15) is 4.79 Å². The maximum atomic E-state index is 12.1. The van der Waals surface area contributed by atoms with Gasteiger partial charge in [-0.3, -0.25) is 4.90 Å². The summed E-state index contributed by atoms with van der Waals surface area (Å²) in [6.45, 7) is 3.82. The molecule has 3 saturated heterocycles. The van der Waals surface area contributed by atoms with E-state index in [4.69, 9.17) is 0 Å². The second-order valence-corrected chi connectivity index (χ2v) is 8.51. The van der Waals surface area contributed by atoms with Gasteiger partial charge in [-0.15, -0.1) is 0 Å². The van der Waals surface area contributed by atoms with Gasteiger partial charge in [-0.05, 0) is 49.3 Å². The van der Waals surface area contributed by atoms with Crippen molar-refractivity contribution in [2.45, 2.75) is 31.3 Å². The molecule has 0 aromatic heterocycles. The largest absolute Gasteiger partial charge is 0.371 e. The summed E-state index contributed by atoms with van der Waals surface area (Å²) in [5.41, 5.74) is 2.28. The van der Waals surface area contributed by atoms with Gasteiger partial charge < -0.3 is 15.1 Å². The van der Waals surface area contributed by atoms with Gasteiger partial charge in [-0.25, -0.2) is 4.79 Å². The van der Waals surface area contributed by atoms with Crippen LogP contribution >= 0.6 is 11.8 Å². The number of carbonyl (C=O) groups excluding carboxylic acids is 1. The third-order valence-electron chi connectivity index (χ3n) is 5.64. The number of benzene rings is 1. The number of urea groups is 1. The van der Waals surface area contributed by atoms with Gasteiger partial charge in [0.1, 0.15) is 0 Å². The number of likely N-dealkylation sites (N-methyl/N-ethyl adjacent to an activating group) is 1. The molecule has 3 aliphatic rings. The van der Waals surface area contributed by atoms with E-state index in [0.29, 0.717) is 6.04 Å². The quantitative estimate of drug-likeness (QED) is 0.896. The molecule has 0 saturated carbocycles. The van der Waals surface area contributed by atoms with Crippen molar-refractivity contribution in [3.8, 4) is 0 Å². The van der Waals surface area contributed by atoms with Gasteiger partial charge in [0.25, 0.3) is 0 Å². The molecule has 0 aliphatic carbocycles. The Morgan fingerprint density at radius 1 is 0.960 bits per heavy atom. The van der Waals surface area contributed by atoms with Crippen molar-refractivity contribution in [1.29, 1.82) is 0 Å². The Morgan fingerprint density at radius 2 is 1.68 bits per heavy atom. The highest BCUT2D eigenvalue weighted by Crippen LogP contribution is 2.26. The lowest BCUT2D eigenvalue weighted by molar-refractivity contribution is 0.229. The molecule has 5 nitrogen and oxygen atoms in total. The molecule has 136 valence electrons. The molecule has 0 unspecified atom stereocenters. The van der Waals surface area contributed by atoms with Gasteiger partial charge in [0, 0.05) is 62.4 Å². The van der Waals surface area contributed by atoms with Gasteiger partial charge >= 0.3 is 6.03 Å². The van der Waals surface area contributed by atoms with E-state index < -0.39 is 0 Å². The first kappa shape index (κ1) is 17.0. The summed E-state index contributed by atoms with van der Waals surface area (Å²) in [6, 6.07) is 10.0. The molecular weight excluding hydrogens is 332 g/mol. The number of hydrogen-bond acceptors (Lipinski definition) is 4. The van der Waals surface area contributed by atoms with Crippen LogP contribution in [0.4, 0.5) is 16.2 Å². The number of amides is 2. The molecule has 3 aliphatic heterocycles. The molecule has 0 bridgehead atoms. The Kier molecular flexibility index (Phi) is 5.08. The van der Waals surface area contributed by atoms with Crippen LogP contribution in [0.2, 0.25) is 0 Å². The van der Waals surface area contributed by atoms with E-state index in [2.05, 4.69) is 46.2 Å². The second kappa shape index (κ2) is 7.46. The van der Waals surface area contributed by atoms with Crippen molar-refractivity contribution in [1.82, 2.24) is 10.2 Å². The number of nitrogens with one attached hydrogen (secondary N) is 1. The summed E-state index contributed by atoms with van der Waals surface area (Å²) in [7, 11) is 1.86. The summed E-state index contributed by atoms with van der Waals surface area (Å²) in [5, 5.41) is 3.85. The molecule has 1 aromatic carbocycles. The zero-order valence-electron chi connectivity index (χ0n) is 15.0. The Morgan fingerprint density at radius 3 is 2.28 bits per heavy atom. The molecule has 1 atom stereocenters. The van der Waals surface area contributed by atoms with Crippen LogP contribution in [0.5, 0.6) is 0 Å². The predicted octanol–water partition coefficient (Wildman–Crippen LogP) is 2.62. The summed E-state index contributed by atoms with van der Waals surface area (Å²) < 4.78 is 0. The maximum absolute atomic E-state index is 12.1. The molecule has 25 heavy (non-hydrogen) atoms. The third-order valence-corrected chi connectivity index (χ3v) is 6.80. The van der Waals surface area contributed by atoms with Crippen LogP contribution < -0.4 is 15.1 Å². The first-order valence-corrected chi connectivity index (χ1v) is 10.6. The summed E-state index contributed by atoms with van der Waals surface area (Å²) >= 11 is 2.08. The highest BCUT2D eigenvalue weighted by atomic mass is 32.2. The smallest absolute Gasteiger partial charge is 0.324 e. The minimum atomic E-state index is 0.102. The highest BCUT2D eigenvalue weighted by molar-refractivity contribution is 7.99. The van der Waals surface area contributed by atoms with Crippen molar-refractivity contribution >= 4 is 29.2 Å². The maximum Gasteiger partial charge on any atom is 0.324 e. The van der Waals surface area contributed by atoms with Crippen LogP contribution in [0.25, 0.3) is 0 Å². The number of piperidine rings is 1. The molecule has 3 heterocycles. The Bertz CT molecular complexity index is 594. The number of hydrogen-bond donors (Lipinski definition) is 1. The normalized spacial score (nSPS) is 25.2. The van der Waals surface area contributed by atoms with Crippen LogP contribution in [-0.4, -0.2) is 67.7 Å². The Hall–Kier alpha value is -1.40. The van der Waals surface area contributed by atoms with Crippen molar-refractivity contribution < 1.29 is 4.79 Å². The topological polar surface area (TPSA) is 38.8 Å². The van der Waals surface area contributed by atoms with Gasteiger partial charge in [0.15, 0.2) is 0 Å². The standard InChI is InChI=1S/C19H28N4OS/c1-21-11-12-23(19(21)24)18-4-2-17(3-5-18)22-9-6-15(7-10-22)20-16-8-13-25-14-16/h2-5,15-16,20H,6-14H2,1H3/t16-/m0/s1. The third kappa shape index (κ3) is 3.75. The molecule has 1 N–H and O–H groups in total. The van der Waals surface area contributed by atoms with Crippen molar-refractivity contribution in [3.63, 3.8) is 0 Å². The number of carbonyl (C=O) groups is 1. The van der Waals surface area contributed by atoms with Crippen molar-refractivity contribution in [3.05, 3.63) is 24.3 Å². The first-order valence-electron chi connectivity index (χ1n) is 9.42. The van der Waals surface area contributed by atoms with Crippen LogP contribution in [-0.2, 0) is 0 Å². The SMILES string of the molecule is CN1CCN(c2ccc(N3CCC(N[C@H]4CCSC4)CC3)cc2)C1=O. The molecule has 0 radical (unpaired) electrons. The Labute approximate surface area is 154 Å². The number of thioether (sulfide) groups is 1. The van der Waals surface area contributed by atoms with Gasteiger partial charge in [0.05, 0.1) is 0 Å². The van der Waals surface area contributed by atoms with Gasteiger partial charge in [-0.1, -0.05) is 0 Å². The average molecular weight is 361 g/mol. The van der Waals surface area contributed by atoms with Crippen LogP contribution in [0.3, 0.4) is 0 Å².